The van der Waals surface area contributed by atoms with Gasteiger partial charge in [0.1, 0.15) is 0 Å². The lowest BCUT2D eigenvalue weighted by atomic mass is 9.75. The van der Waals surface area contributed by atoms with Crippen LogP contribution in [-0.2, 0) is 21.9 Å². The van der Waals surface area contributed by atoms with Crippen LogP contribution < -0.4 is 0 Å². The third-order valence-electron chi connectivity index (χ3n) is 7.81. The van der Waals surface area contributed by atoms with Gasteiger partial charge in [-0.15, -0.1) is 0 Å². The Labute approximate surface area is 213 Å². The van der Waals surface area contributed by atoms with Crippen LogP contribution >= 0.6 is 0 Å². The fraction of sp³-hybridized carbons (Fsp3) is 0.188. The van der Waals surface area contributed by atoms with Crippen molar-refractivity contribution in [2.45, 2.75) is 44.4 Å². The smallest absolute Gasteiger partial charge is 0.233 e. The largest absolute Gasteiger partial charge is 0.268 e. The Kier molecular flexibility index (Phi) is 5.03. The number of aryl methyl sites for hydroxylation is 3. The predicted octanol–water partition coefficient (Wildman–Crippen LogP) is 7.33. The molecule has 0 saturated heterocycles. The predicted molar refractivity (Wildman–Crippen MR) is 147 cm³/mol. The molecule has 6 rings (SSSR count). The van der Waals surface area contributed by atoms with Crippen LogP contribution in [0.25, 0.3) is 22.2 Å². The first kappa shape index (κ1) is 22.8. The number of aromatic nitrogens is 1. The van der Waals surface area contributed by atoms with Crippen LogP contribution in [0.4, 0.5) is 0 Å². The Balaban J connectivity index is 1.77. The van der Waals surface area contributed by atoms with Gasteiger partial charge in [-0.25, -0.2) is 12.4 Å². The van der Waals surface area contributed by atoms with Gasteiger partial charge in [-0.2, -0.15) is 0 Å². The van der Waals surface area contributed by atoms with E-state index in [0.717, 1.165) is 39.7 Å². The summed E-state index contributed by atoms with van der Waals surface area (Å²) in [5, 5.41) is 1.08. The molecule has 180 valence electrons. The van der Waals surface area contributed by atoms with Crippen molar-refractivity contribution in [3.8, 4) is 11.3 Å². The molecule has 1 aliphatic rings. The first-order valence-corrected chi connectivity index (χ1v) is 13.8. The quantitative estimate of drug-likeness (QED) is 0.264. The molecule has 0 amide bonds. The maximum Gasteiger partial charge on any atom is 0.268 e. The normalized spacial score (nSPS) is 17.1. The summed E-state index contributed by atoms with van der Waals surface area (Å²) in [6.45, 7) is 8.46. The monoisotopic (exact) mass is 491 g/mol. The second-order valence-electron chi connectivity index (χ2n) is 10.3. The first-order valence-electron chi connectivity index (χ1n) is 12.3. The van der Waals surface area contributed by atoms with Crippen molar-refractivity contribution < 1.29 is 8.42 Å². The van der Waals surface area contributed by atoms with Gasteiger partial charge in [0, 0.05) is 10.8 Å². The minimum atomic E-state index is -3.86. The molecule has 4 aromatic carbocycles. The molecule has 0 bridgehead atoms. The van der Waals surface area contributed by atoms with Crippen molar-refractivity contribution in [3.05, 3.63) is 124 Å². The molecule has 1 aliphatic carbocycles. The molecule has 0 N–H and O–H groups in total. The van der Waals surface area contributed by atoms with Gasteiger partial charge >= 0.3 is 0 Å². The van der Waals surface area contributed by atoms with Crippen molar-refractivity contribution in [2.24, 2.45) is 0 Å². The lowest BCUT2D eigenvalue weighted by Gasteiger charge is -2.29. The van der Waals surface area contributed by atoms with Crippen molar-refractivity contribution in [1.29, 1.82) is 0 Å². The fourth-order valence-corrected chi connectivity index (χ4v) is 7.36. The van der Waals surface area contributed by atoms with E-state index in [0.29, 0.717) is 4.90 Å². The molecule has 1 atom stereocenters. The molecule has 0 radical (unpaired) electrons. The summed E-state index contributed by atoms with van der Waals surface area (Å²) in [7, 11) is -3.86. The first-order chi connectivity index (χ1) is 17.2. The molecule has 4 heteroatoms. The molecule has 1 unspecified atom stereocenters. The molecular formula is C32H29NO2S. The zero-order valence-corrected chi connectivity index (χ0v) is 21.9. The number of benzene rings is 4. The molecular weight excluding hydrogens is 462 g/mol. The fourth-order valence-electron chi connectivity index (χ4n) is 5.83. The molecule has 0 aliphatic heterocycles. The van der Waals surface area contributed by atoms with Crippen molar-refractivity contribution >= 4 is 20.9 Å². The minimum Gasteiger partial charge on any atom is -0.233 e. The van der Waals surface area contributed by atoms with E-state index in [-0.39, 0.29) is 5.41 Å². The van der Waals surface area contributed by atoms with E-state index >= 15 is 0 Å². The number of nitrogens with zero attached hydrogens (tertiary/aromatic N) is 1. The maximum atomic E-state index is 14.3. The van der Waals surface area contributed by atoms with Crippen molar-refractivity contribution in [3.63, 3.8) is 0 Å². The second kappa shape index (κ2) is 7.94. The third-order valence-corrected chi connectivity index (χ3v) is 9.54. The van der Waals surface area contributed by atoms with Crippen LogP contribution in [0, 0.1) is 20.8 Å². The summed E-state index contributed by atoms with van der Waals surface area (Å²) < 4.78 is 30.3. The summed E-state index contributed by atoms with van der Waals surface area (Å²) in [6.07, 6.45) is 0.842. The van der Waals surface area contributed by atoms with Gasteiger partial charge in [0.25, 0.3) is 10.0 Å². The van der Waals surface area contributed by atoms with E-state index in [1.807, 2.05) is 55.5 Å². The zero-order valence-electron chi connectivity index (χ0n) is 21.0. The summed E-state index contributed by atoms with van der Waals surface area (Å²) in [6, 6.07) is 29.9. The zero-order chi connectivity index (χ0) is 25.2. The lowest BCUT2D eigenvalue weighted by Crippen LogP contribution is -2.25. The van der Waals surface area contributed by atoms with E-state index in [1.54, 1.807) is 16.1 Å². The second-order valence-corrected chi connectivity index (χ2v) is 12.1. The van der Waals surface area contributed by atoms with E-state index in [4.69, 9.17) is 0 Å². The molecule has 0 saturated carbocycles. The standard InChI is InChI=1S/C32H29NO2S/c1-21-10-15-25(16-11-21)32(4)20-27-23(3)14-19-28-29(27)30(32)31(24-8-6-5-7-9-24)33(28)36(34,35)26-17-12-22(2)13-18-26/h5-19H,20H2,1-4H3. The number of hydrogen-bond acceptors (Lipinski definition) is 2. The Morgan fingerprint density at radius 2 is 1.36 bits per heavy atom. The highest BCUT2D eigenvalue weighted by molar-refractivity contribution is 7.90. The van der Waals surface area contributed by atoms with E-state index in [1.165, 1.54) is 22.3 Å². The molecule has 0 spiro atoms. The average molecular weight is 492 g/mol. The van der Waals surface area contributed by atoms with Gasteiger partial charge < -0.3 is 0 Å². The summed E-state index contributed by atoms with van der Waals surface area (Å²) in [5.74, 6) is 0. The van der Waals surface area contributed by atoms with Crippen LogP contribution in [0.3, 0.4) is 0 Å². The minimum absolute atomic E-state index is 0.300. The molecule has 3 nitrogen and oxygen atoms in total. The van der Waals surface area contributed by atoms with Crippen LogP contribution in [0.1, 0.15) is 40.3 Å². The van der Waals surface area contributed by atoms with E-state index in [9.17, 15) is 8.42 Å². The van der Waals surface area contributed by atoms with E-state index in [2.05, 4.69) is 51.1 Å². The van der Waals surface area contributed by atoms with E-state index < -0.39 is 10.0 Å². The highest BCUT2D eigenvalue weighted by atomic mass is 32.2. The molecule has 1 aromatic heterocycles. The number of rotatable bonds is 4. The third kappa shape index (κ3) is 3.21. The molecule has 1 heterocycles. The lowest BCUT2D eigenvalue weighted by molar-refractivity contribution is 0.582. The maximum absolute atomic E-state index is 14.3. The summed E-state index contributed by atoms with van der Waals surface area (Å²) in [5.41, 5.74) is 9.03. The van der Waals surface area contributed by atoms with Crippen molar-refractivity contribution in [2.75, 3.05) is 0 Å². The van der Waals surface area contributed by atoms with Crippen LogP contribution in [0.15, 0.2) is 95.9 Å². The highest BCUT2D eigenvalue weighted by Crippen LogP contribution is 2.53. The average Bonchev–Trinajstić information content (AvgIpc) is 3.39. The van der Waals surface area contributed by atoms with Gasteiger partial charge in [-0.1, -0.05) is 90.8 Å². The van der Waals surface area contributed by atoms with Crippen molar-refractivity contribution in [1.82, 2.24) is 3.97 Å². The highest BCUT2D eigenvalue weighted by Gasteiger charge is 2.44. The molecule has 0 fully saturated rings. The summed E-state index contributed by atoms with van der Waals surface area (Å²) >= 11 is 0. The topological polar surface area (TPSA) is 39.1 Å². The SMILES string of the molecule is Cc1ccc(C2(C)Cc3c(C)ccc4c3c2c(-c2ccccc2)n4S(=O)(=O)c2ccc(C)cc2)cc1. The van der Waals surface area contributed by atoms with Crippen LogP contribution in [0.5, 0.6) is 0 Å². The van der Waals surface area contributed by atoms with Crippen LogP contribution in [0.2, 0.25) is 0 Å². The van der Waals surface area contributed by atoms with Gasteiger partial charge in [-0.3, -0.25) is 0 Å². The Bertz CT molecular complexity index is 1730. The van der Waals surface area contributed by atoms with Gasteiger partial charge in [0.15, 0.2) is 0 Å². The van der Waals surface area contributed by atoms with Gasteiger partial charge in [0.05, 0.1) is 16.1 Å². The molecule has 36 heavy (non-hydrogen) atoms. The summed E-state index contributed by atoms with van der Waals surface area (Å²) in [4.78, 5) is 0.300. The Morgan fingerprint density at radius 1 is 0.750 bits per heavy atom. The van der Waals surface area contributed by atoms with Crippen LogP contribution in [-0.4, -0.2) is 12.4 Å². The Morgan fingerprint density at radius 3 is 2.00 bits per heavy atom. The van der Waals surface area contributed by atoms with Gasteiger partial charge in [-0.05, 0) is 73.2 Å². The van der Waals surface area contributed by atoms with Gasteiger partial charge in [0.2, 0.25) is 0 Å². The number of hydrogen-bond donors (Lipinski definition) is 0. The molecule has 5 aromatic rings. The Hall–Kier alpha value is -3.63.